The molecule has 1 aromatic carbocycles. The summed E-state index contributed by atoms with van der Waals surface area (Å²) in [6, 6.07) is 7.93. The molecule has 0 atom stereocenters. The molecule has 1 aliphatic rings. The van der Waals surface area contributed by atoms with Gasteiger partial charge in [0, 0.05) is 31.5 Å². The normalized spacial score (nSPS) is 19.0. The molecule has 1 heterocycles. The Morgan fingerprint density at radius 3 is 2.24 bits per heavy atom. The van der Waals surface area contributed by atoms with Gasteiger partial charge in [0.1, 0.15) is 0 Å². The molecule has 0 aromatic heterocycles. The molecule has 2 rings (SSSR count). The van der Waals surface area contributed by atoms with Crippen molar-refractivity contribution < 1.29 is 8.42 Å². The summed E-state index contributed by atoms with van der Waals surface area (Å²) < 4.78 is 22.6. The molecule has 5 nitrogen and oxygen atoms in total. The largest absolute Gasteiger partial charge is 0.369 e. The molecular formula is C11H17N3O2S. The Morgan fingerprint density at radius 2 is 1.71 bits per heavy atom. The van der Waals surface area contributed by atoms with Crippen LogP contribution in [0.1, 0.15) is 0 Å². The number of sulfone groups is 1. The van der Waals surface area contributed by atoms with Gasteiger partial charge in [-0.05, 0) is 24.3 Å². The van der Waals surface area contributed by atoms with Crippen molar-refractivity contribution in [1.82, 2.24) is 5.43 Å². The standard InChI is InChI=1S/C11H17N3O2S/c1-12-13-10-2-4-11(5-3-10)14-6-8-17(15,16)9-7-14/h2-5,12-13H,6-9H2,1H3. The molecule has 6 heteroatoms. The van der Waals surface area contributed by atoms with E-state index in [2.05, 4.69) is 15.8 Å². The monoisotopic (exact) mass is 255 g/mol. The summed E-state index contributed by atoms with van der Waals surface area (Å²) in [6.45, 7) is 1.17. The Hall–Kier alpha value is -1.27. The number of benzene rings is 1. The minimum absolute atomic E-state index is 0.253. The van der Waals surface area contributed by atoms with E-state index in [1.54, 1.807) is 0 Å². The summed E-state index contributed by atoms with van der Waals surface area (Å²) >= 11 is 0. The van der Waals surface area contributed by atoms with Crippen molar-refractivity contribution in [3.63, 3.8) is 0 Å². The number of hydrazine groups is 1. The van der Waals surface area contributed by atoms with Gasteiger partial charge in [0.05, 0.1) is 11.5 Å². The lowest BCUT2D eigenvalue weighted by Crippen LogP contribution is -2.40. The third-order valence-corrected chi connectivity index (χ3v) is 4.46. The van der Waals surface area contributed by atoms with Crippen LogP contribution in [-0.2, 0) is 9.84 Å². The van der Waals surface area contributed by atoms with Gasteiger partial charge < -0.3 is 10.3 Å². The van der Waals surface area contributed by atoms with Crippen LogP contribution < -0.4 is 15.8 Å². The molecule has 0 aliphatic carbocycles. The van der Waals surface area contributed by atoms with Crippen molar-refractivity contribution in [2.45, 2.75) is 0 Å². The molecule has 1 saturated heterocycles. The molecular weight excluding hydrogens is 238 g/mol. The lowest BCUT2D eigenvalue weighted by Gasteiger charge is -2.28. The van der Waals surface area contributed by atoms with Crippen molar-refractivity contribution in [2.24, 2.45) is 0 Å². The van der Waals surface area contributed by atoms with Crippen LogP contribution in [0, 0.1) is 0 Å². The van der Waals surface area contributed by atoms with E-state index in [0.29, 0.717) is 13.1 Å². The van der Waals surface area contributed by atoms with Crippen molar-refractivity contribution in [3.05, 3.63) is 24.3 Å². The van der Waals surface area contributed by atoms with Crippen molar-refractivity contribution in [2.75, 3.05) is 42.0 Å². The Morgan fingerprint density at radius 1 is 1.12 bits per heavy atom. The van der Waals surface area contributed by atoms with Gasteiger partial charge in [-0.2, -0.15) is 0 Å². The zero-order chi connectivity index (χ0) is 12.3. The van der Waals surface area contributed by atoms with Gasteiger partial charge >= 0.3 is 0 Å². The third kappa shape index (κ3) is 3.10. The molecule has 0 bridgehead atoms. The van der Waals surface area contributed by atoms with Crippen molar-refractivity contribution >= 4 is 21.2 Å². The Bertz CT molecular complexity index is 456. The first kappa shape index (κ1) is 12.2. The maximum absolute atomic E-state index is 11.3. The summed E-state index contributed by atoms with van der Waals surface area (Å²) in [6.07, 6.45) is 0. The average Bonchev–Trinajstić information content (AvgIpc) is 2.31. The first-order valence-electron chi connectivity index (χ1n) is 5.59. The maximum Gasteiger partial charge on any atom is 0.153 e. The molecule has 0 amide bonds. The quantitative estimate of drug-likeness (QED) is 0.769. The van der Waals surface area contributed by atoms with Gasteiger partial charge in [-0.25, -0.2) is 13.8 Å². The summed E-state index contributed by atoms with van der Waals surface area (Å²) in [5.41, 5.74) is 7.89. The van der Waals surface area contributed by atoms with E-state index in [-0.39, 0.29) is 11.5 Å². The lowest BCUT2D eigenvalue weighted by molar-refractivity contribution is 0.587. The second-order valence-electron chi connectivity index (χ2n) is 4.06. The second-order valence-corrected chi connectivity index (χ2v) is 6.36. The van der Waals surface area contributed by atoms with Gasteiger partial charge in [0.15, 0.2) is 9.84 Å². The topological polar surface area (TPSA) is 61.4 Å². The number of rotatable bonds is 3. The fourth-order valence-electron chi connectivity index (χ4n) is 1.87. The number of nitrogens with zero attached hydrogens (tertiary/aromatic N) is 1. The third-order valence-electron chi connectivity index (χ3n) is 2.85. The van der Waals surface area contributed by atoms with Gasteiger partial charge in [-0.1, -0.05) is 0 Å². The Labute approximate surface area is 102 Å². The summed E-state index contributed by atoms with van der Waals surface area (Å²) in [4.78, 5) is 2.10. The van der Waals surface area contributed by atoms with Gasteiger partial charge in [-0.15, -0.1) is 0 Å². The zero-order valence-electron chi connectivity index (χ0n) is 9.81. The predicted molar refractivity (Wildman–Crippen MR) is 70.0 cm³/mol. The molecule has 0 unspecified atom stereocenters. The first-order chi connectivity index (χ1) is 8.11. The minimum Gasteiger partial charge on any atom is -0.369 e. The highest BCUT2D eigenvalue weighted by molar-refractivity contribution is 7.91. The molecule has 94 valence electrons. The second kappa shape index (κ2) is 4.93. The minimum atomic E-state index is -2.80. The molecule has 0 saturated carbocycles. The Kier molecular flexibility index (Phi) is 3.54. The van der Waals surface area contributed by atoms with E-state index >= 15 is 0 Å². The van der Waals surface area contributed by atoms with Crippen LogP contribution in [0.15, 0.2) is 24.3 Å². The molecule has 2 N–H and O–H groups in total. The molecule has 0 radical (unpaired) electrons. The summed E-state index contributed by atoms with van der Waals surface area (Å²) in [5, 5.41) is 0. The van der Waals surface area contributed by atoms with Gasteiger partial charge in [0.25, 0.3) is 0 Å². The number of anilines is 2. The number of hydrogen-bond acceptors (Lipinski definition) is 5. The number of hydrogen-bond donors (Lipinski definition) is 2. The van der Waals surface area contributed by atoms with Gasteiger partial charge in [-0.3, -0.25) is 0 Å². The predicted octanol–water partition coefficient (Wildman–Crippen LogP) is 0.468. The average molecular weight is 255 g/mol. The summed E-state index contributed by atoms with van der Waals surface area (Å²) in [5.74, 6) is 0.507. The van der Waals surface area contributed by atoms with Crippen LogP contribution in [0.5, 0.6) is 0 Å². The van der Waals surface area contributed by atoms with Crippen LogP contribution >= 0.6 is 0 Å². The Balaban J connectivity index is 2.03. The highest BCUT2D eigenvalue weighted by Gasteiger charge is 2.21. The van der Waals surface area contributed by atoms with E-state index in [9.17, 15) is 8.42 Å². The molecule has 0 spiro atoms. The fourth-order valence-corrected chi connectivity index (χ4v) is 3.07. The van der Waals surface area contributed by atoms with Crippen LogP contribution in [-0.4, -0.2) is 40.1 Å². The number of nitrogens with one attached hydrogen (secondary N) is 2. The van der Waals surface area contributed by atoms with Crippen LogP contribution in [0.4, 0.5) is 11.4 Å². The van der Waals surface area contributed by atoms with Gasteiger partial charge in [0.2, 0.25) is 0 Å². The smallest absolute Gasteiger partial charge is 0.153 e. The fraction of sp³-hybridized carbons (Fsp3) is 0.455. The van der Waals surface area contributed by atoms with Crippen LogP contribution in [0.25, 0.3) is 0 Å². The molecule has 1 aliphatic heterocycles. The SMILES string of the molecule is CNNc1ccc(N2CCS(=O)(=O)CC2)cc1. The summed E-state index contributed by atoms with van der Waals surface area (Å²) in [7, 11) is -0.996. The first-order valence-corrected chi connectivity index (χ1v) is 7.41. The molecule has 1 aromatic rings. The van der Waals surface area contributed by atoms with E-state index in [1.165, 1.54) is 0 Å². The highest BCUT2D eigenvalue weighted by Crippen LogP contribution is 2.19. The van der Waals surface area contributed by atoms with Crippen molar-refractivity contribution in [3.8, 4) is 0 Å². The maximum atomic E-state index is 11.3. The lowest BCUT2D eigenvalue weighted by atomic mass is 10.2. The van der Waals surface area contributed by atoms with E-state index in [1.807, 2.05) is 31.3 Å². The van der Waals surface area contributed by atoms with Crippen LogP contribution in [0.2, 0.25) is 0 Å². The molecule has 1 fully saturated rings. The van der Waals surface area contributed by atoms with E-state index in [4.69, 9.17) is 0 Å². The molecule has 17 heavy (non-hydrogen) atoms. The van der Waals surface area contributed by atoms with E-state index in [0.717, 1.165) is 11.4 Å². The van der Waals surface area contributed by atoms with Crippen molar-refractivity contribution in [1.29, 1.82) is 0 Å². The zero-order valence-corrected chi connectivity index (χ0v) is 10.6. The highest BCUT2D eigenvalue weighted by atomic mass is 32.2. The van der Waals surface area contributed by atoms with E-state index < -0.39 is 9.84 Å². The van der Waals surface area contributed by atoms with Crippen LogP contribution in [0.3, 0.4) is 0 Å².